The van der Waals surface area contributed by atoms with Crippen LogP contribution in [0.25, 0.3) is 0 Å². The van der Waals surface area contributed by atoms with E-state index >= 15 is 0 Å². The molecule has 0 saturated carbocycles. The summed E-state index contributed by atoms with van der Waals surface area (Å²) in [6.45, 7) is 1.12. The van der Waals surface area contributed by atoms with E-state index in [9.17, 15) is 73.2 Å². The van der Waals surface area contributed by atoms with Crippen molar-refractivity contribution in [1.82, 2.24) is 80.9 Å². The number of rotatable bonds is 0. The van der Waals surface area contributed by atoms with Crippen LogP contribution in [0.4, 0.5) is 0 Å². The summed E-state index contributed by atoms with van der Waals surface area (Å²) in [5.41, 5.74) is -7.39. The van der Waals surface area contributed by atoms with Crippen LogP contribution in [0.5, 0.6) is 0 Å². The third-order valence-electron chi connectivity index (χ3n) is 14.3. The van der Waals surface area contributed by atoms with E-state index < -0.39 is 103 Å². The topological polar surface area (TPSA) is 413 Å². The normalized spacial score (nSPS) is 21.6. The minimum atomic E-state index is -1.18. The quantitative estimate of drug-likeness (QED) is 0.0730. The number of aromatic nitrogens is 4. The number of pyridine rings is 4. The molecule has 4 unspecified atom stereocenters. The molecule has 8 amide bonds. The number of nitrogens with one attached hydrogen (secondary N) is 8. The number of carbonyl (C=O) groups excluding carboxylic acids is 8. The van der Waals surface area contributed by atoms with Gasteiger partial charge in [-0.1, -0.05) is 0 Å². The van der Waals surface area contributed by atoms with E-state index in [4.69, 9.17) is 9.47 Å². The highest BCUT2D eigenvalue weighted by atomic mass is 16.5. The van der Waals surface area contributed by atoms with Crippen molar-refractivity contribution in [1.29, 1.82) is 0 Å². The number of hydrogen-bond donors (Lipinski definition) is 11. The van der Waals surface area contributed by atoms with Crippen molar-refractivity contribution in [3.05, 3.63) is 135 Å². The molecule has 18 rings (SSSR count). The highest BCUT2D eigenvalue weighted by Gasteiger charge is 2.25. The average Bonchev–Trinajstić information content (AvgIpc) is 2.09. The number of nitrogens with zero attached hydrogens (tertiary/aromatic N) is 8. The number of hydrogen-bond acceptors (Lipinski definition) is 21. The van der Waals surface area contributed by atoms with Gasteiger partial charge in [0.1, 0.15) is 45.0 Å². The van der Waals surface area contributed by atoms with Crippen molar-refractivity contribution in [2.45, 2.75) is 0 Å². The van der Waals surface area contributed by atoms with E-state index in [0.717, 1.165) is 41.0 Å². The van der Waals surface area contributed by atoms with E-state index in [1.54, 1.807) is 19.6 Å². The van der Waals surface area contributed by atoms with Crippen molar-refractivity contribution in [2.75, 3.05) is 157 Å². The molecule has 14 aliphatic heterocycles. The summed E-state index contributed by atoms with van der Waals surface area (Å²) in [7, 11) is 1.35. The Hall–Kier alpha value is -9.28. The van der Waals surface area contributed by atoms with Crippen LogP contribution in [0, 0.1) is 0 Å². The largest absolute Gasteiger partial charge is 0.425 e. The van der Waals surface area contributed by atoms with Crippen molar-refractivity contribution in [3.63, 3.8) is 0 Å². The molecule has 4 aromatic heterocycles. The summed E-state index contributed by atoms with van der Waals surface area (Å²) in [6, 6.07) is 9.21. The Bertz CT molecular complexity index is 2980. The van der Waals surface area contributed by atoms with Gasteiger partial charge in [0, 0.05) is 138 Å². The molecule has 18 heterocycles. The van der Waals surface area contributed by atoms with Gasteiger partial charge in [-0.2, -0.15) is 0 Å². The van der Waals surface area contributed by atoms with Crippen LogP contribution >= 0.6 is 0 Å². The summed E-state index contributed by atoms with van der Waals surface area (Å²) in [5, 5.41) is 53.6. The molecular weight excluding hydrogens is 1130 g/mol. The molecule has 14 aliphatic rings. The Morgan fingerprint density at radius 1 is 0.291 bits per heavy atom. The maximum Gasteiger partial charge on any atom is 0.296 e. The van der Waals surface area contributed by atoms with Crippen LogP contribution in [0.1, 0.15) is 83.4 Å². The first-order chi connectivity index (χ1) is 41.3. The summed E-state index contributed by atoms with van der Waals surface area (Å²) < 4.78 is 13.3. The third kappa shape index (κ3) is 17.0. The first-order valence-corrected chi connectivity index (χ1v) is 27.7. The highest BCUT2D eigenvalue weighted by molar-refractivity contribution is 5.99. The van der Waals surface area contributed by atoms with Crippen LogP contribution in [0.3, 0.4) is 0 Å². The Labute approximate surface area is 489 Å². The van der Waals surface area contributed by atoms with Gasteiger partial charge in [0.05, 0.1) is 26.4 Å². The van der Waals surface area contributed by atoms with Gasteiger partial charge in [-0.25, -0.2) is 0 Å². The molecule has 86 heavy (non-hydrogen) atoms. The monoisotopic (exact) mass is 1200 g/mol. The molecule has 33 heteroatoms. The van der Waals surface area contributed by atoms with E-state index in [1.807, 2.05) is 0 Å². The van der Waals surface area contributed by atoms with Gasteiger partial charge in [0.2, 0.25) is 0 Å². The Kier molecular flexibility index (Phi) is 23.2. The zero-order valence-corrected chi connectivity index (χ0v) is 47.2. The molecule has 4 atom stereocenters. The van der Waals surface area contributed by atoms with Gasteiger partial charge >= 0.3 is 0 Å². The highest BCUT2D eigenvalue weighted by Crippen LogP contribution is 2.06. The molecule has 11 N–H and O–H groups in total. The van der Waals surface area contributed by atoms with Gasteiger partial charge < -0.3 is 72.2 Å². The number of carbonyl (C=O) groups is 8. The third-order valence-corrected chi connectivity index (χ3v) is 14.3. The predicted molar refractivity (Wildman–Crippen MR) is 301 cm³/mol. The van der Waals surface area contributed by atoms with Crippen LogP contribution in [0.15, 0.2) is 67.7 Å². The van der Waals surface area contributed by atoms with Crippen LogP contribution in [0.2, 0.25) is 0 Å². The summed E-state index contributed by atoms with van der Waals surface area (Å²) in [5.74, 6) is -6.56. The fourth-order valence-corrected chi connectivity index (χ4v) is 9.34. The summed E-state index contributed by atoms with van der Waals surface area (Å²) in [6.07, 6.45) is 0. The molecule has 0 fully saturated rings. The van der Waals surface area contributed by atoms with Crippen molar-refractivity contribution < 1.29 is 63.5 Å². The molecule has 0 saturated heterocycles. The molecule has 464 valence electrons. The van der Waals surface area contributed by atoms with Gasteiger partial charge in [-0.05, 0) is 48.5 Å². The second-order valence-electron chi connectivity index (χ2n) is 19.9. The summed E-state index contributed by atoms with van der Waals surface area (Å²) in [4.78, 5) is 168. The second-order valence-corrected chi connectivity index (χ2v) is 19.9. The molecule has 0 spiro atoms. The predicted octanol–water partition coefficient (Wildman–Crippen LogP) is -6.20. The first-order valence-electron chi connectivity index (χ1n) is 27.7. The lowest BCUT2D eigenvalue weighted by atomic mass is 10.2. The molecule has 0 aromatic carbocycles. The molecule has 12 bridgehead atoms. The smallest absolute Gasteiger partial charge is 0.296 e. The lowest BCUT2D eigenvalue weighted by Gasteiger charge is -2.25. The number of ether oxygens (including phenoxy) is 2. The lowest BCUT2D eigenvalue weighted by molar-refractivity contribution is 0.0772. The zero-order chi connectivity index (χ0) is 61.9. The van der Waals surface area contributed by atoms with Gasteiger partial charge in [0.25, 0.3) is 69.5 Å². The minimum Gasteiger partial charge on any atom is -0.425 e. The van der Waals surface area contributed by atoms with E-state index in [1.165, 1.54) is 19.2 Å². The summed E-state index contributed by atoms with van der Waals surface area (Å²) >= 11 is 0. The maximum absolute atomic E-state index is 13.5. The second kappa shape index (κ2) is 31.0. The Morgan fingerprint density at radius 3 is 0.756 bits per heavy atom. The minimum absolute atomic E-state index is 0.00462. The fourth-order valence-electron chi connectivity index (χ4n) is 9.34. The van der Waals surface area contributed by atoms with Gasteiger partial charge in [-0.3, -0.25) is 77.1 Å². The molecule has 0 radical (unpaired) electrons. The molecular formula is C53H70N16O17. The molecule has 33 nitrogen and oxygen atoms in total. The number of amides is 8. The fraction of sp³-hybridized carbons (Fsp3) is 0.472. The van der Waals surface area contributed by atoms with Crippen LogP contribution < -0.4 is 64.8 Å². The Balaban J connectivity index is 1.20. The lowest BCUT2D eigenvalue weighted by Crippen LogP contribution is -2.44. The molecule has 0 aliphatic carbocycles. The van der Waals surface area contributed by atoms with Crippen molar-refractivity contribution in [2.24, 2.45) is 7.05 Å². The zero-order valence-electron chi connectivity index (χ0n) is 47.2. The SMILES string of the molecule is Cn1c2ccc(c1=O)C(=O)NCCN1CCNC(=O)c3ccc(c(=O)n3O)C(=O)NCCN(CCNC2=O)CCOCCN2CCNC(=O)c3ccc(n(O)c3=O)C(=O)NCCN(CCNC(=O)c3ccc(n(O)c3=O)C(=O)NCC2)CCOCC1. The van der Waals surface area contributed by atoms with E-state index in [-0.39, 0.29) is 183 Å². The first kappa shape index (κ1) is 64.3. The average molecular weight is 1200 g/mol. The van der Waals surface area contributed by atoms with Crippen LogP contribution in [-0.2, 0) is 16.5 Å². The van der Waals surface area contributed by atoms with Gasteiger partial charge in [0.15, 0.2) is 0 Å². The van der Waals surface area contributed by atoms with E-state index in [2.05, 4.69) is 42.5 Å². The maximum atomic E-state index is 13.5. The van der Waals surface area contributed by atoms with Crippen LogP contribution in [-0.4, -0.2) is 259 Å². The molecule has 4 aromatic rings. The van der Waals surface area contributed by atoms with E-state index in [0.29, 0.717) is 0 Å². The Morgan fingerprint density at radius 2 is 0.500 bits per heavy atom. The van der Waals surface area contributed by atoms with Crippen molar-refractivity contribution in [3.8, 4) is 0 Å². The van der Waals surface area contributed by atoms with Crippen molar-refractivity contribution >= 4 is 47.3 Å². The van der Waals surface area contributed by atoms with Gasteiger partial charge in [-0.15, -0.1) is 14.2 Å². The standard InChI is InChI=1S/C53H70N16O17/c1-62-38-6-2-34(50(62)78)42(70)54-10-18-64-23-15-59-47(75)39-7-3-35(51(79)67(39)82)43(71)55-11-19-63(22-14-58-46(38)74)26-30-85-32-28-65-20-12-56-44(72)36-4-9-41(69(84)52(36)80)49(77)61-17-25-66(29-33-86-31-27-64)21-13-57-45(73)37-5-8-40(68(83)53(37)81)48(76)60-16-24-65/h2-9,82-84H,10-33H2,1H3,(H,54,70)(H,55,71)(H,56,72)(H,57,73)(H,58,74)(H,59,75)(H,60,76)(H,61,77).